The normalized spacial score (nSPS) is 18.9. The molecule has 6 nitrogen and oxygen atoms in total. The molecule has 1 saturated heterocycles. The molecule has 0 atom stereocenters. The first-order valence-corrected chi connectivity index (χ1v) is 7.35. The Hall–Kier alpha value is -1.85. The SMILES string of the molecule is O=C(CNc1cc(=O)[nH]c(C2CC2)n1)N1CCCCC1. The largest absolute Gasteiger partial charge is 0.361 e. The van der Waals surface area contributed by atoms with Gasteiger partial charge in [-0.25, -0.2) is 4.98 Å². The molecule has 2 N–H and O–H groups in total. The highest BCUT2D eigenvalue weighted by molar-refractivity contribution is 5.80. The number of anilines is 1. The summed E-state index contributed by atoms with van der Waals surface area (Å²) in [6.07, 6.45) is 5.54. The van der Waals surface area contributed by atoms with Crippen LogP contribution in [0.25, 0.3) is 0 Å². The van der Waals surface area contributed by atoms with Crippen molar-refractivity contribution >= 4 is 11.7 Å². The number of rotatable bonds is 4. The van der Waals surface area contributed by atoms with Crippen LogP contribution in [0.2, 0.25) is 0 Å². The van der Waals surface area contributed by atoms with Crippen LogP contribution in [-0.2, 0) is 4.79 Å². The van der Waals surface area contributed by atoms with Crippen molar-refractivity contribution in [2.75, 3.05) is 25.0 Å². The zero-order chi connectivity index (χ0) is 13.9. The molecule has 2 heterocycles. The maximum atomic E-state index is 12.0. The molecule has 1 aromatic rings. The van der Waals surface area contributed by atoms with E-state index in [1.807, 2.05) is 4.90 Å². The number of hydrogen-bond donors (Lipinski definition) is 2. The topological polar surface area (TPSA) is 78.1 Å². The summed E-state index contributed by atoms with van der Waals surface area (Å²) in [5, 5.41) is 2.98. The number of aromatic nitrogens is 2. The molecule has 108 valence electrons. The van der Waals surface area contributed by atoms with Crippen LogP contribution in [0.4, 0.5) is 5.82 Å². The number of nitrogens with one attached hydrogen (secondary N) is 2. The smallest absolute Gasteiger partial charge is 0.252 e. The Morgan fingerprint density at radius 3 is 2.80 bits per heavy atom. The Bertz CT molecular complexity index is 544. The lowest BCUT2D eigenvalue weighted by molar-refractivity contribution is -0.130. The maximum absolute atomic E-state index is 12.0. The molecule has 1 aliphatic heterocycles. The summed E-state index contributed by atoms with van der Waals surface area (Å²) < 4.78 is 0. The first-order chi connectivity index (χ1) is 9.72. The second-order valence-corrected chi connectivity index (χ2v) is 5.59. The summed E-state index contributed by atoms with van der Waals surface area (Å²) in [4.78, 5) is 32.6. The molecule has 1 amide bonds. The van der Waals surface area contributed by atoms with Gasteiger partial charge in [0.2, 0.25) is 5.91 Å². The van der Waals surface area contributed by atoms with Crippen molar-refractivity contribution in [3.8, 4) is 0 Å². The molecule has 1 aliphatic carbocycles. The minimum absolute atomic E-state index is 0.0831. The van der Waals surface area contributed by atoms with Crippen molar-refractivity contribution in [1.82, 2.24) is 14.9 Å². The van der Waals surface area contributed by atoms with Gasteiger partial charge in [0.25, 0.3) is 5.56 Å². The van der Waals surface area contributed by atoms with Gasteiger partial charge in [-0.1, -0.05) is 0 Å². The van der Waals surface area contributed by atoms with Crippen molar-refractivity contribution in [3.05, 3.63) is 22.2 Å². The zero-order valence-corrected chi connectivity index (χ0v) is 11.5. The number of nitrogens with zero attached hydrogens (tertiary/aromatic N) is 2. The standard InChI is InChI=1S/C14H20N4O2/c19-12-8-11(16-14(17-12)10-4-5-10)15-9-13(20)18-6-2-1-3-7-18/h8,10H,1-7,9H2,(H2,15,16,17,19). The molecule has 0 unspecified atom stereocenters. The third-order valence-corrected chi connectivity index (χ3v) is 3.85. The van der Waals surface area contributed by atoms with E-state index in [1.165, 1.54) is 12.5 Å². The van der Waals surface area contributed by atoms with Crippen LogP contribution < -0.4 is 10.9 Å². The summed E-state index contributed by atoms with van der Waals surface area (Å²) in [5.41, 5.74) is -0.158. The molecular weight excluding hydrogens is 256 g/mol. The molecular formula is C14H20N4O2. The van der Waals surface area contributed by atoms with E-state index in [9.17, 15) is 9.59 Å². The molecule has 0 radical (unpaired) electrons. The zero-order valence-electron chi connectivity index (χ0n) is 11.5. The molecule has 0 bridgehead atoms. The highest BCUT2D eigenvalue weighted by atomic mass is 16.2. The van der Waals surface area contributed by atoms with Crippen molar-refractivity contribution in [1.29, 1.82) is 0 Å². The van der Waals surface area contributed by atoms with Gasteiger partial charge in [-0.3, -0.25) is 9.59 Å². The summed E-state index contributed by atoms with van der Waals surface area (Å²) in [6.45, 7) is 1.90. The lowest BCUT2D eigenvalue weighted by Crippen LogP contribution is -2.39. The van der Waals surface area contributed by atoms with E-state index in [0.29, 0.717) is 11.7 Å². The van der Waals surface area contributed by atoms with Crippen molar-refractivity contribution in [2.24, 2.45) is 0 Å². The lowest BCUT2D eigenvalue weighted by Gasteiger charge is -2.26. The number of H-pyrrole nitrogens is 1. The molecule has 6 heteroatoms. The van der Waals surface area contributed by atoms with Crippen molar-refractivity contribution in [2.45, 2.75) is 38.0 Å². The van der Waals surface area contributed by atoms with E-state index in [4.69, 9.17) is 0 Å². The van der Waals surface area contributed by atoms with E-state index < -0.39 is 0 Å². The third kappa shape index (κ3) is 3.18. The molecule has 2 fully saturated rings. The second kappa shape index (κ2) is 5.64. The average molecular weight is 276 g/mol. The minimum Gasteiger partial charge on any atom is -0.361 e. The van der Waals surface area contributed by atoms with Crippen LogP contribution in [0.3, 0.4) is 0 Å². The van der Waals surface area contributed by atoms with Gasteiger partial charge in [0.05, 0.1) is 6.54 Å². The number of carbonyl (C=O) groups excluding carboxylic acids is 1. The Morgan fingerprint density at radius 1 is 1.35 bits per heavy atom. The van der Waals surface area contributed by atoms with Crippen molar-refractivity contribution < 1.29 is 4.79 Å². The summed E-state index contributed by atoms with van der Waals surface area (Å²) in [7, 11) is 0. The predicted octanol–water partition coefficient (Wildman–Crippen LogP) is 1.07. The van der Waals surface area contributed by atoms with Gasteiger partial charge >= 0.3 is 0 Å². The Labute approximate surface area is 117 Å². The number of hydrogen-bond acceptors (Lipinski definition) is 4. The fraction of sp³-hybridized carbons (Fsp3) is 0.643. The van der Waals surface area contributed by atoms with Gasteiger partial charge in [0.15, 0.2) is 0 Å². The summed E-state index contributed by atoms with van der Waals surface area (Å²) in [5.74, 6) is 1.72. The monoisotopic (exact) mass is 276 g/mol. The van der Waals surface area contributed by atoms with Gasteiger partial charge in [-0.2, -0.15) is 0 Å². The van der Waals surface area contributed by atoms with Crippen LogP contribution in [0.5, 0.6) is 0 Å². The Morgan fingerprint density at radius 2 is 2.10 bits per heavy atom. The highest BCUT2D eigenvalue weighted by Gasteiger charge is 2.26. The summed E-state index contributed by atoms with van der Waals surface area (Å²) >= 11 is 0. The quantitative estimate of drug-likeness (QED) is 0.862. The molecule has 20 heavy (non-hydrogen) atoms. The van der Waals surface area contributed by atoms with Crippen LogP contribution in [0.15, 0.2) is 10.9 Å². The summed E-state index contributed by atoms with van der Waals surface area (Å²) in [6, 6.07) is 1.41. The fourth-order valence-corrected chi connectivity index (χ4v) is 2.54. The van der Waals surface area contributed by atoms with Crippen molar-refractivity contribution in [3.63, 3.8) is 0 Å². The first kappa shape index (κ1) is 13.1. The van der Waals surface area contributed by atoms with Gasteiger partial charge in [-0.15, -0.1) is 0 Å². The van der Waals surface area contributed by atoms with E-state index in [0.717, 1.165) is 44.6 Å². The van der Waals surface area contributed by atoms with Crippen LogP contribution in [0.1, 0.15) is 43.8 Å². The Balaban J connectivity index is 1.60. The van der Waals surface area contributed by atoms with Crippen LogP contribution >= 0.6 is 0 Å². The number of aromatic amines is 1. The molecule has 1 saturated carbocycles. The number of amides is 1. The van der Waals surface area contributed by atoms with Crippen LogP contribution in [-0.4, -0.2) is 40.4 Å². The predicted molar refractivity (Wildman–Crippen MR) is 75.8 cm³/mol. The molecule has 0 spiro atoms. The number of piperidine rings is 1. The average Bonchev–Trinajstić information content (AvgIpc) is 3.30. The maximum Gasteiger partial charge on any atom is 0.252 e. The fourth-order valence-electron chi connectivity index (χ4n) is 2.54. The molecule has 3 rings (SSSR count). The molecule has 1 aromatic heterocycles. The van der Waals surface area contributed by atoms with Crippen LogP contribution in [0, 0.1) is 0 Å². The van der Waals surface area contributed by atoms with Gasteiger partial charge in [-0.05, 0) is 32.1 Å². The van der Waals surface area contributed by atoms with E-state index >= 15 is 0 Å². The van der Waals surface area contributed by atoms with Gasteiger partial charge in [0, 0.05) is 25.1 Å². The number of likely N-dealkylation sites (tertiary alicyclic amines) is 1. The molecule has 2 aliphatic rings. The van der Waals surface area contributed by atoms with Gasteiger partial charge < -0.3 is 15.2 Å². The second-order valence-electron chi connectivity index (χ2n) is 5.59. The van der Waals surface area contributed by atoms with Gasteiger partial charge in [0.1, 0.15) is 11.6 Å². The van der Waals surface area contributed by atoms with E-state index in [-0.39, 0.29) is 18.0 Å². The molecule has 0 aromatic carbocycles. The lowest BCUT2D eigenvalue weighted by atomic mass is 10.1. The first-order valence-electron chi connectivity index (χ1n) is 7.35. The van der Waals surface area contributed by atoms with E-state index in [2.05, 4.69) is 15.3 Å². The van der Waals surface area contributed by atoms with E-state index in [1.54, 1.807) is 0 Å². The highest BCUT2D eigenvalue weighted by Crippen LogP contribution is 2.37. The third-order valence-electron chi connectivity index (χ3n) is 3.85. The number of carbonyl (C=O) groups is 1. The Kier molecular flexibility index (Phi) is 3.71. The minimum atomic E-state index is -0.158.